The summed E-state index contributed by atoms with van der Waals surface area (Å²) in [6, 6.07) is 11.7. The van der Waals surface area contributed by atoms with Gasteiger partial charge in [0, 0.05) is 34.0 Å². The molecule has 0 spiro atoms. The Bertz CT molecular complexity index is 1050. The molecule has 8 nitrogen and oxygen atoms in total. The molecule has 0 saturated heterocycles. The molecule has 0 radical (unpaired) electrons. The summed E-state index contributed by atoms with van der Waals surface area (Å²) in [7, 11) is 0. The van der Waals surface area contributed by atoms with Gasteiger partial charge in [-0.15, -0.1) is 10.2 Å². The number of non-ortho nitro benzene ring substituents is 1. The second kappa shape index (κ2) is 7.01. The molecule has 0 bridgehead atoms. The summed E-state index contributed by atoms with van der Waals surface area (Å²) in [5.41, 5.74) is 2.34. The molecular weight excluding hydrogens is 390 g/mol. The van der Waals surface area contributed by atoms with Crippen LogP contribution in [0.15, 0.2) is 47.6 Å². The lowest BCUT2D eigenvalue weighted by Crippen LogP contribution is -2.17. The second-order valence-electron chi connectivity index (χ2n) is 5.60. The fraction of sp³-hybridized carbons (Fsp3) is 0.118. The van der Waals surface area contributed by atoms with E-state index in [1.807, 2.05) is 30.5 Å². The van der Waals surface area contributed by atoms with Crippen LogP contribution in [-0.4, -0.2) is 26.4 Å². The Kier molecular flexibility index (Phi) is 4.54. The number of anilines is 1. The number of fused-ring (bicyclic) bond motifs is 3. The van der Waals surface area contributed by atoms with Crippen LogP contribution in [0.25, 0.3) is 11.3 Å². The SMILES string of the molecule is CSc1nnc2c(n1)O[C@H](c1cc([N+](=O)[O-])ccc1Cl)Nc1ccccc1-2. The van der Waals surface area contributed by atoms with Gasteiger partial charge < -0.3 is 10.1 Å². The van der Waals surface area contributed by atoms with E-state index in [-0.39, 0.29) is 11.6 Å². The topological polar surface area (TPSA) is 103 Å². The number of para-hydroxylation sites is 1. The highest BCUT2D eigenvalue weighted by molar-refractivity contribution is 7.98. The predicted octanol–water partition coefficient (Wildman–Crippen LogP) is 4.33. The zero-order valence-electron chi connectivity index (χ0n) is 13.9. The molecule has 4 rings (SSSR count). The van der Waals surface area contributed by atoms with Gasteiger partial charge in [0.15, 0.2) is 11.9 Å². The van der Waals surface area contributed by atoms with Crippen molar-refractivity contribution in [3.05, 3.63) is 63.2 Å². The number of ether oxygens (including phenoxy) is 1. The Labute approximate surface area is 163 Å². The summed E-state index contributed by atoms with van der Waals surface area (Å²) in [4.78, 5) is 15.1. The Morgan fingerprint density at radius 1 is 1.26 bits per heavy atom. The molecule has 0 fully saturated rings. The van der Waals surface area contributed by atoms with Crippen molar-refractivity contribution in [1.29, 1.82) is 0 Å². The van der Waals surface area contributed by atoms with E-state index >= 15 is 0 Å². The maximum absolute atomic E-state index is 11.2. The summed E-state index contributed by atoms with van der Waals surface area (Å²) in [6.45, 7) is 0. The van der Waals surface area contributed by atoms with Crippen LogP contribution in [0.1, 0.15) is 11.8 Å². The maximum atomic E-state index is 11.2. The Morgan fingerprint density at radius 3 is 2.85 bits per heavy atom. The first-order chi connectivity index (χ1) is 13.1. The van der Waals surface area contributed by atoms with Gasteiger partial charge in [-0.25, -0.2) is 0 Å². The van der Waals surface area contributed by atoms with Crippen LogP contribution < -0.4 is 10.1 Å². The molecule has 2 heterocycles. The molecule has 0 aliphatic carbocycles. The zero-order valence-corrected chi connectivity index (χ0v) is 15.5. The molecule has 10 heteroatoms. The first kappa shape index (κ1) is 17.5. The molecule has 1 aromatic heterocycles. The largest absolute Gasteiger partial charge is 0.448 e. The minimum Gasteiger partial charge on any atom is -0.448 e. The first-order valence-corrected chi connectivity index (χ1v) is 9.42. The van der Waals surface area contributed by atoms with E-state index in [2.05, 4.69) is 20.5 Å². The quantitative estimate of drug-likeness (QED) is 0.393. The van der Waals surface area contributed by atoms with E-state index < -0.39 is 11.2 Å². The van der Waals surface area contributed by atoms with E-state index in [0.29, 0.717) is 21.4 Å². The van der Waals surface area contributed by atoms with Crippen LogP contribution in [0.4, 0.5) is 11.4 Å². The van der Waals surface area contributed by atoms with Crippen LogP contribution >= 0.6 is 23.4 Å². The van der Waals surface area contributed by atoms with Crippen LogP contribution in [0.5, 0.6) is 5.88 Å². The van der Waals surface area contributed by atoms with Gasteiger partial charge in [-0.05, 0) is 18.4 Å². The standard InChI is InChI=1S/C17H12ClN5O3S/c1-27-17-20-16-14(21-22-17)10-4-2-3-5-13(10)19-15(26-16)11-8-9(23(24)25)6-7-12(11)18/h2-8,15,19H,1H3/t15-/m1/s1. The number of halogens is 1. The average Bonchev–Trinajstić information content (AvgIpc) is 2.84. The predicted molar refractivity (Wildman–Crippen MR) is 102 cm³/mol. The lowest BCUT2D eigenvalue weighted by atomic mass is 10.1. The van der Waals surface area contributed by atoms with Crippen LogP contribution in [0.2, 0.25) is 5.02 Å². The highest BCUT2D eigenvalue weighted by Crippen LogP contribution is 2.41. The Balaban J connectivity index is 1.88. The van der Waals surface area contributed by atoms with Crippen molar-refractivity contribution < 1.29 is 9.66 Å². The fourth-order valence-corrected chi connectivity index (χ4v) is 3.23. The minimum atomic E-state index is -0.786. The number of nitrogens with one attached hydrogen (secondary N) is 1. The second-order valence-corrected chi connectivity index (χ2v) is 6.78. The number of hydrogen-bond donors (Lipinski definition) is 1. The Hall–Kier alpha value is -2.91. The number of hydrogen-bond acceptors (Lipinski definition) is 8. The monoisotopic (exact) mass is 401 g/mol. The van der Waals surface area contributed by atoms with Crippen molar-refractivity contribution in [2.75, 3.05) is 11.6 Å². The summed E-state index contributed by atoms with van der Waals surface area (Å²) in [5.74, 6) is 0.277. The third kappa shape index (κ3) is 3.26. The van der Waals surface area contributed by atoms with Crippen molar-refractivity contribution >= 4 is 34.7 Å². The molecule has 1 aliphatic rings. The van der Waals surface area contributed by atoms with Gasteiger partial charge >= 0.3 is 0 Å². The van der Waals surface area contributed by atoms with Crippen LogP contribution in [0, 0.1) is 10.1 Å². The smallest absolute Gasteiger partial charge is 0.270 e. The molecule has 1 N–H and O–H groups in total. The lowest BCUT2D eigenvalue weighted by Gasteiger charge is -2.20. The van der Waals surface area contributed by atoms with Crippen molar-refractivity contribution in [1.82, 2.24) is 15.2 Å². The lowest BCUT2D eigenvalue weighted by molar-refractivity contribution is -0.385. The molecular formula is C17H12ClN5O3S. The maximum Gasteiger partial charge on any atom is 0.270 e. The Morgan fingerprint density at radius 2 is 2.07 bits per heavy atom. The molecule has 3 aromatic rings. The molecule has 1 aliphatic heterocycles. The van der Waals surface area contributed by atoms with Gasteiger partial charge in [0.2, 0.25) is 11.0 Å². The van der Waals surface area contributed by atoms with E-state index in [4.69, 9.17) is 16.3 Å². The number of benzene rings is 2. The fourth-order valence-electron chi connectivity index (χ4n) is 2.72. The highest BCUT2D eigenvalue weighted by atomic mass is 35.5. The van der Waals surface area contributed by atoms with Gasteiger partial charge in [-0.2, -0.15) is 4.98 Å². The van der Waals surface area contributed by atoms with Gasteiger partial charge in [0.05, 0.1) is 4.92 Å². The zero-order chi connectivity index (χ0) is 19.0. The molecule has 2 aromatic carbocycles. The summed E-state index contributed by atoms with van der Waals surface area (Å²) >= 11 is 7.64. The third-order valence-electron chi connectivity index (χ3n) is 3.99. The molecule has 136 valence electrons. The summed E-state index contributed by atoms with van der Waals surface area (Å²) in [6.07, 6.45) is 1.05. The van der Waals surface area contributed by atoms with Gasteiger partial charge in [-0.1, -0.05) is 41.6 Å². The average molecular weight is 402 g/mol. The summed E-state index contributed by atoms with van der Waals surface area (Å²) < 4.78 is 6.04. The number of thioether (sulfide) groups is 1. The van der Waals surface area contributed by atoms with Gasteiger partial charge in [-0.3, -0.25) is 10.1 Å². The molecule has 0 saturated carbocycles. The summed E-state index contributed by atoms with van der Waals surface area (Å²) in [5, 5.41) is 23.5. The van der Waals surface area contributed by atoms with Crippen molar-refractivity contribution in [3.63, 3.8) is 0 Å². The van der Waals surface area contributed by atoms with Crippen molar-refractivity contribution in [2.45, 2.75) is 11.4 Å². The number of nitrogens with zero attached hydrogens (tertiary/aromatic N) is 4. The molecule has 0 unspecified atom stereocenters. The normalized spacial score (nSPS) is 15.0. The van der Waals surface area contributed by atoms with Gasteiger partial charge in [0.25, 0.3) is 5.69 Å². The number of aromatic nitrogens is 3. The molecule has 1 atom stereocenters. The third-order valence-corrected chi connectivity index (χ3v) is 4.87. The van der Waals surface area contributed by atoms with E-state index in [1.54, 1.807) is 0 Å². The van der Waals surface area contributed by atoms with Crippen LogP contribution in [0.3, 0.4) is 0 Å². The number of rotatable bonds is 3. The van der Waals surface area contributed by atoms with Crippen molar-refractivity contribution in [2.24, 2.45) is 0 Å². The van der Waals surface area contributed by atoms with Gasteiger partial charge in [0.1, 0.15) is 0 Å². The highest BCUT2D eigenvalue weighted by Gasteiger charge is 2.28. The van der Waals surface area contributed by atoms with E-state index in [9.17, 15) is 10.1 Å². The van der Waals surface area contributed by atoms with Crippen molar-refractivity contribution in [3.8, 4) is 17.1 Å². The molecule has 0 amide bonds. The number of nitro groups is 1. The van der Waals surface area contributed by atoms with Crippen LogP contribution in [-0.2, 0) is 0 Å². The molecule has 27 heavy (non-hydrogen) atoms. The first-order valence-electron chi connectivity index (χ1n) is 7.82. The minimum absolute atomic E-state index is 0.0804. The van der Waals surface area contributed by atoms with E-state index in [1.165, 1.54) is 30.0 Å². The van der Waals surface area contributed by atoms with E-state index in [0.717, 1.165) is 11.3 Å². The number of nitro benzene ring substituents is 1.